The van der Waals surface area contributed by atoms with Crippen LogP contribution >= 0.6 is 0 Å². The SMILES string of the molecule is CCn1nc(C)c(C(C)NCC(C)C)c1C. The fraction of sp³-hybridized carbons (Fsp3) is 0.769. The monoisotopic (exact) mass is 223 g/mol. The molecular weight excluding hydrogens is 198 g/mol. The van der Waals surface area contributed by atoms with Crippen molar-refractivity contribution in [1.82, 2.24) is 15.1 Å². The lowest BCUT2D eigenvalue weighted by molar-refractivity contribution is 0.493. The molecule has 0 aliphatic rings. The minimum atomic E-state index is 0.391. The molecule has 1 rings (SSSR count). The first-order valence-electron chi connectivity index (χ1n) is 6.24. The zero-order valence-corrected chi connectivity index (χ0v) is 11.5. The van der Waals surface area contributed by atoms with Crippen molar-refractivity contribution in [2.24, 2.45) is 5.92 Å². The Morgan fingerprint density at radius 2 is 1.88 bits per heavy atom. The van der Waals surface area contributed by atoms with Crippen molar-refractivity contribution in [2.75, 3.05) is 6.54 Å². The molecule has 92 valence electrons. The summed E-state index contributed by atoms with van der Waals surface area (Å²) in [6.45, 7) is 15.1. The number of nitrogens with zero attached hydrogens (tertiary/aromatic N) is 2. The van der Waals surface area contributed by atoms with Crippen molar-refractivity contribution in [3.8, 4) is 0 Å². The maximum atomic E-state index is 4.55. The van der Waals surface area contributed by atoms with Gasteiger partial charge in [-0.25, -0.2) is 0 Å². The molecule has 1 unspecified atom stereocenters. The third-order valence-corrected chi connectivity index (χ3v) is 3.00. The minimum Gasteiger partial charge on any atom is -0.310 e. The smallest absolute Gasteiger partial charge is 0.0644 e. The fourth-order valence-corrected chi connectivity index (χ4v) is 2.16. The minimum absolute atomic E-state index is 0.391. The van der Waals surface area contributed by atoms with Crippen molar-refractivity contribution < 1.29 is 0 Å². The molecule has 0 fully saturated rings. The molecule has 0 radical (unpaired) electrons. The lowest BCUT2D eigenvalue weighted by atomic mass is 10.1. The average molecular weight is 223 g/mol. The molecule has 1 heterocycles. The topological polar surface area (TPSA) is 29.9 Å². The van der Waals surface area contributed by atoms with Crippen molar-refractivity contribution in [1.29, 1.82) is 0 Å². The standard InChI is InChI=1S/C13H25N3/c1-7-16-12(6)13(11(5)15-16)10(4)14-8-9(2)3/h9-10,14H,7-8H2,1-6H3. The Kier molecular flexibility index (Phi) is 4.54. The van der Waals surface area contributed by atoms with Gasteiger partial charge in [0.25, 0.3) is 0 Å². The van der Waals surface area contributed by atoms with Gasteiger partial charge in [0.2, 0.25) is 0 Å². The Labute approximate surface area is 99.2 Å². The summed E-state index contributed by atoms with van der Waals surface area (Å²) in [5.41, 5.74) is 3.81. The molecule has 0 aliphatic heterocycles. The molecule has 1 N–H and O–H groups in total. The summed E-state index contributed by atoms with van der Waals surface area (Å²) < 4.78 is 2.08. The van der Waals surface area contributed by atoms with E-state index in [0.29, 0.717) is 12.0 Å². The van der Waals surface area contributed by atoms with Gasteiger partial charge < -0.3 is 5.32 Å². The third-order valence-electron chi connectivity index (χ3n) is 3.00. The molecule has 0 aromatic carbocycles. The summed E-state index contributed by atoms with van der Waals surface area (Å²) in [7, 11) is 0. The molecule has 3 nitrogen and oxygen atoms in total. The van der Waals surface area contributed by atoms with Crippen LogP contribution in [-0.2, 0) is 6.54 Å². The molecule has 0 saturated heterocycles. The third kappa shape index (κ3) is 2.85. The first-order chi connectivity index (χ1) is 7.47. The first-order valence-corrected chi connectivity index (χ1v) is 6.24. The summed E-state index contributed by atoms with van der Waals surface area (Å²) >= 11 is 0. The highest BCUT2D eigenvalue weighted by atomic mass is 15.3. The second-order valence-electron chi connectivity index (χ2n) is 4.92. The molecule has 1 aromatic heterocycles. The van der Waals surface area contributed by atoms with E-state index in [2.05, 4.69) is 56.6 Å². The van der Waals surface area contributed by atoms with Gasteiger partial charge in [-0.2, -0.15) is 5.10 Å². The number of hydrogen-bond donors (Lipinski definition) is 1. The van der Waals surface area contributed by atoms with E-state index in [0.717, 1.165) is 18.8 Å². The van der Waals surface area contributed by atoms with Crippen LogP contribution in [0.3, 0.4) is 0 Å². The Bertz CT molecular complexity index is 339. The van der Waals surface area contributed by atoms with Crippen LogP contribution in [-0.4, -0.2) is 16.3 Å². The largest absolute Gasteiger partial charge is 0.310 e. The Hall–Kier alpha value is -0.830. The van der Waals surface area contributed by atoms with Crippen LogP contribution in [0.1, 0.15) is 50.7 Å². The predicted octanol–water partition coefficient (Wildman–Crippen LogP) is 2.83. The summed E-state index contributed by atoms with van der Waals surface area (Å²) in [5, 5.41) is 8.12. The van der Waals surface area contributed by atoms with Crippen LogP contribution in [0.25, 0.3) is 0 Å². The molecule has 1 atom stereocenters. The van der Waals surface area contributed by atoms with Gasteiger partial charge in [-0.1, -0.05) is 13.8 Å². The van der Waals surface area contributed by atoms with Gasteiger partial charge in [0.1, 0.15) is 0 Å². The van der Waals surface area contributed by atoms with E-state index in [1.807, 2.05) is 0 Å². The van der Waals surface area contributed by atoms with Crippen LogP contribution in [0.5, 0.6) is 0 Å². The second kappa shape index (κ2) is 5.48. The Balaban J connectivity index is 2.82. The molecule has 0 saturated carbocycles. The zero-order valence-electron chi connectivity index (χ0n) is 11.5. The van der Waals surface area contributed by atoms with Crippen molar-refractivity contribution >= 4 is 0 Å². The van der Waals surface area contributed by atoms with E-state index in [9.17, 15) is 0 Å². The quantitative estimate of drug-likeness (QED) is 0.832. The molecular formula is C13H25N3. The molecule has 1 aromatic rings. The molecule has 16 heavy (non-hydrogen) atoms. The number of aryl methyl sites for hydroxylation is 2. The van der Waals surface area contributed by atoms with Crippen LogP contribution < -0.4 is 5.32 Å². The van der Waals surface area contributed by atoms with Crippen molar-refractivity contribution in [2.45, 2.75) is 54.1 Å². The summed E-state index contributed by atoms with van der Waals surface area (Å²) in [4.78, 5) is 0. The average Bonchev–Trinajstić information content (AvgIpc) is 2.50. The van der Waals surface area contributed by atoms with Gasteiger partial charge in [0.15, 0.2) is 0 Å². The number of hydrogen-bond acceptors (Lipinski definition) is 2. The fourth-order valence-electron chi connectivity index (χ4n) is 2.16. The highest BCUT2D eigenvalue weighted by Gasteiger charge is 2.16. The lowest BCUT2D eigenvalue weighted by Crippen LogP contribution is -2.24. The van der Waals surface area contributed by atoms with E-state index in [1.165, 1.54) is 11.3 Å². The van der Waals surface area contributed by atoms with Gasteiger partial charge >= 0.3 is 0 Å². The number of nitrogens with one attached hydrogen (secondary N) is 1. The van der Waals surface area contributed by atoms with E-state index in [4.69, 9.17) is 0 Å². The lowest BCUT2D eigenvalue weighted by Gasteiger charge is -2.16. The molecule has 0 spiro atoms. The van der Waals surface area contributed by atoms with Gasteiger partial charge in [-0.05, 0) is 40.2 Å². The summed E-state index contributed by atoms with van der Waals surface area (Å²) in [6, 6.07) is 0.391. The van der Waals surface area contributed by atoms with E-state index in [1.54, 1.807) is 0 Å². The Morgan fingerprint density at radius 1 is 1.25 bits per heavy atom. The van der Waals surface area contributed by atoms with Gasteiger partial charge in [-0.15, -0.1) is 0 Å². The summed E-state index contributed by atoms with van der Waals surface area (Å²) in [5.74, 6) is 0.685. The zero-order chi connectivity index (χ0) is 12.3. The maximum absolute atomic E-state index is 4.55. The van der Waals surface area contributed by atoms with Crippen LogP contribution in [0.15, 0.2) is 0 Å². The summed E-state index contributed by atoms with van der Waals surface area (Å²) in [6.07, 6.45) is 0. The van der Waals surface area contributed by atoms with E-state index in [-0.39, 0.29) is 0 Å². The highest BCUT2D eigenvalue weighted by molar-refractivity contribution is 5.27. The molecule has 0 aliphatic carbocycles. The van der Waals surface area contributed by atoms with Crippen LogP contribution in [0, 0.1) is 19.8 Å². The predicted molar refractivity (Wildman–Crippen MR) is 68.6 cm³/mol. The first kappa shape index (κ1) is 13.2. The molecule has 0 amide bonds. The highest BCUT2D eigenvalue weighted by Crippen LogP contribution is 2.21. The van der Waals surface area contributed by atoms with Crippen LogP contribution in [0.4, 0.5) is 0 Å². The number of aromatic nitrogens is 2. The van der Waals surface area contributed by atoms with E-state index < -0.39 is 0 Å². The Morgan fingerprint density at radius 3 is 2.31 bits per heavy atom. The van der Waals surface area contributed by atoms with Crippen LogP contribution in [0.2, 0.25) is 0 Å². The normalized spacial score (nSPS) is 13.4. The molecule has 3 heteroatoms. The van der Waals surface area contributed by atoms with Gasteiger partial charge in [0, 0.05) is 23.8 Å². The van der Waals surface area contributed by atoms with Crippen molar-refractivity contribution in [3.63, 3.8) is 0 Å². The van der Waals surface area contributed by atoms with Gasteiger partial charge in [-0.3, -0.25) is 4.68 Å². The second-order valence-corrected chi connectivity index (χ2v) is 4.92. The molecule has 0 bridgehead atoms. The number of rotatable bonds is 5. The van der Waals surface area contributed by atoms with Gasteiger partial charge in [0.05, 0.1) is 5.69 Å². The van der Waals surface area contributed by atoms with Crippen molar-refractivity contribution in [3.05, 3.63) is 17.0 Å². The maximum Gasteiger partial charge on any atom is 0.0644 e. The van der Waals surface area contributed by atoms with E-state index >= 15 is 0 Å².